The van der Waals surface area contributed by atoms with Crippen LogP contribution in [0.4, 0.5) is 0 Å². The van der Waals surface area contributed by atoms with Gasteiger partial charge in [-0.2, -0.15) is 0 Å². The Hall–Kier alpha value is -1.19. The molecule has 4 bridgehead atoms. The highest BCUT2D eigenvalue weighted by Gasteiger charge is 2.51. The zero-order valence-electron chi connectivity index (χ0n) is 12.2. The van der Waals surface area contributed by atoms with E-state index in [0.717, 1.165) is 29.9 Å². The van der Waals surface area contributed by atoms with Crippen molar-refractivity contribution in [1.29, 1.82) is 0 Å². The first-order valence-electron chi connectivity index (χ1n) is 7.97. The van der Waals surface area contributed by atoms with E-state index in [4.69, 9.17) is 0 Å². The molecule has 4 nitrogen and oxygen atoms in total. The van der Waals surface area contributed by atoms with Crippen molar-refractivity contribution in [3.8, 4) is 0 Å². The minimum atomic E-state index is 0.355. The number of carbonyl (C=O) groups excluding carboxylic acids is 1. The van der Waals surface area contributed by atoms with Crippen LogP contribution in [0.25, 0.3) is 0 Å². The quantitative estimate of drug-likeness (QED) is 0.847. The predicted molar refractivity (Wildman–Crippen MR) is 74.9 cm³/mol. The Kier molecular flexibility index (Phi) is 2.76. The molecule has 1 aromatic rings. The lowest BCUT2D eigenvalue weighted by Crippen LogP contribution is -2.47. The van der Waals surface area contributed by atoms with Crippen LogP contribution in [0.2, 0.25) is 0 Å². The second-order valence-electron chi connectivity index (χ2n) is 7.69. The number of nitrogens with zero attached hydrogens (tertiary/aromatic N) is 3. The summed E-state index contributed by atoms with van der Waals surface area (Å²) in [5.74, 6) is 3.13. The van der Waals surface area contributed by atoms with Gasteiger partial charge in [0.05, 0.1) is 12.1 Å². The first-order valence-corrected chi connectivity index (χ1v) is 7.97. The largest absolute Gasteiger partial charge is 0.299 e. The first kappa shape index (κ1) is 12.5. The minimum absolute atomic E-state index is 0.355. The van der Waals surface area contributed by atoms with Gasteiger partial charge in [-0.1, -0.05) is 5.21 Å². The lowest BCUT2D eigenvalue weighted by molar-refractivity contribution is -0.126. The fourth-order valence-electron chi connectivity index (χ4n) is 5.67. The minimum Gasteiger partial charge on any atom is -0.299 e. The number of aromatic nitrogens is 3. The maximum Gasteiger partial charge on any atom is 0.139 e. The molecule has 0 aromatic carbocycles. The van der Waals surface area contributed by atoms with Gasteiger partial charge in [0.25, 0.3) is 0 Å². The SMILES string of the molecule is Cn1cc(CC(=O)CC23CC4CC(CC(C4)C2)C3)nn1. The zero-order chi connectivity index (χ0) is 13.7. The van der Waals surface area contributed by atoms with Crippen molar-refractivity contribution in [3.05, 3.63) is 11.9 Å². The van der Waals surface area contributed by atoms with Gasteiger partial charge in [-0.3, -0.25) is 9.48 Å². The number of hydrogen-bond donors (Lipinski definition) is 0. The molecular weight excluding hydrogens is 250 g/mol. The van der Waals surface area contributed by atoms with Gasteiger partial charge >= 0.3 is 0 Å². The van der Waals surface area contributed by atoms with Gasteiger partial charge in [0.2, 0.25) is 0 Å². The topological polar surface area (TPSA) is 47.8 Å². The molecule has 0 amide bonds. The maximum absolute atomic E-state index is 12.4. The van der Waals surface area contributed by atoms with E-state index in [1.165, 1.54) is 38.5 Å². The molecule has 5 rings (SSSR count). The van der Waals surface area contributed by atoms with E-state index in [-0.39, 0.29) is 0 Å². The fraction of sp³-hybridized carbons (Fsp3) is 0.812. The second-order valence-corrected chi connectivity index (χ2v) is 7.69. The van der Waals surface area contributed by atoms with Gasteiger partial charge in [-0.15, -0.1) is 5.10 Å². The maximum atomic E-state index is 12.4. The second kappa shape index (κ2) is 4.40. The summed E-state index contributed by atoms with van der Waals surface area (Å²) in [5, 5.41) is 7.95. The monoisotopic (exact) mass is 273 g/mol. The molecule has 108 valence electrons. The number of carbonyl (C=O) groups is 1. The van der Waals surface area contributed by atoms with Crippen LogP contribution in [0.15, 0.2) is 6.20 Å². The summed E-state index contributed by atoms with van der Waals surface area (Å²) >= 11 is 0. The van der Waals surface area contributed by atoms with E-state index in [1.54, 1.807) is 4.68 Å². The van der Waals surface area contributed by atoms with Crippen LogP contribution in [0, 0.1) is 23.2 Å². The molecule has 0 unspecified atom stereocenters. The third-order valence-corrected chi connectivity index (χ3v) is 5.77. The Morgan fingerprint density at radius 3 is 2.35 bits per heavy atom. The molecule has 4 fully saturated rings. The molecule has 0 aliphatic heterocycles. The van der Waals surface area contributed by atoms with Crippen LogP contribution in [0.1, 0.15) is 50.6 Å². The van der Waals surface area contributed by atoms with Crippen molar-refractivity contribution >= 4 is 5.78 Å². The molecule has 0 spiro atoms. The normalized spacial score (nSPS) is 38.4. The summed E-state index contributed by atoms with van der Waals surface area (Å²) < 4.78 is 1.67. The first-order chi connectivity index (χ1) is 9.60. The third kappa shape index (κ3) is 2.19. The van der Waals surface area contributed by atoms with Crippen molar-refractivity contribution in [2.24, 2.45) is 30.2 Å². The molecule has 0 atom stereocenters. The molecule has 4 aliphatic carbocycles. The molecule has 4 heteroatoms. The summed E-state index contributed by atoms with van der Waals surface area (Å²) in [4.78, 5) is 12.4. The van der Waals surface area contributed by atoms with Crippen molar-refractivity contribution in [1.82, 2.24) is 15.0 Å². The van der Waals surface area contributed by atoms with Gasteiger partial charge in [0.15, 0.2) is 0 Å². The molecule has 4 aliphatic rings. The summed E-state index contributed by atoms with van der Waals surface area (Å²) in [6.07, 6.45) is 11.4. The fourth-order valence-corrected chi connectivity index (χ4v) is 5.67. The Bertz CT molecular complexity index is 498. The molecule has 0 N–H and O–H groups in total. The zero-order valence-corrected chi connectivity index (χ0v) is 12.2. The lowest BCUT2D eigenvalue weighted by atomic mass is 9.48. The van der Waals surface area contributed by atoms with E-state index in [1.807, 2.05) is 13.2 Å². The molecule has 1 aromatic heterocycles. The Morgan fingerprint density at radius 2 is 1.85 bits per heavy atom. The van der Waals surface area contributed by atoms with Gasteiger partial charge < -0.3 is 0 Å². The summed E-state index contributed by atoms with van der Waals surface area (Å²) in [5.41, 5.74) is 1.18. The number of hydrogen-bond acceptors (Lipinski definition) is 3. The number of ketones is 1. The number of rotatable bonds is 4. The van der Waals surface area contributed by atoms with Crippen molar-refractivity contribution in [3.63, 3.8) is 0 Å². The molecule has 4 saturated carbocycles. The molecule has 0 saturated heterocycles. The molecule has 20 heavy (non-hydrogen) atoms. The van der Waals surface area contributed by atoms with Crippen LogP contribution in [0.5, 0.6) is 0 Å². The van der Waals surface area contributed by atoms with Gasteiger partial charge in [-0.05, 0) is 61.7 Å². The summed E-state index contributed by atoms with van der Waals surface area (Å²) in [6.45, 7) is 0. The van der Waals surface area contributed by atoms with E-state index in [2.05, 4.69) is 10.3 Å². The van der Waals surface area contributed by atoms with Crippen LogP contribution in [-0.2, 0) is 18.3 Å². The van der Waals surface area contributed by atoms with Crippen LogP contribution < -0.4 is 0 Å². The van der Waals surface area contributed by atoms with E-state index < -0.39 is 0 Å². The van der Waals surface area contributed by atoms with Crippen molar-refractivity contribution in [2.45, 2.75) is 51.4 Å². The summed E-state index contributed by atoms with van der Waals surface area (Å²) in [7, 11) is 1.85. The average Bonchev–Trinajstić information content (AvgIpc) is 2.71. The highest BCUT2D eigenvalue weighted by Crippen LogP contribution is 2.61. The van der Waals surface area contributed by atoms with Crippen molar-refractivity contribution in [2.75, 3.05) is 0 Å². The van der Waals surface area contributed by atoms with Crippen molar-refractivity contribution < 1.29 is 4.79 Å². The van der Waals surface area contributed by atoms with Crippen LogP contribution in [0.3, 0.4) is 0 Å². The highest BCUT2D eigenvalue weighted by molar-refractivity contribution is 5.81. The summed E-state index contributed by atoms with van der Waals surface area (Å²) in [6, 6.07) is 0. The molecule has 0 radical (unpaired) electrons. The third-order valence-electron chi connectivity index (χ3n) is 5.77. The van der Waals surface area contributed by atoms with E-state index in [9.17, 15) is 4.79 Å². The number of aryl methyl sites for hydroxylation is 1. The van der Waals surface area contributed by atoms with Gasteiger partial charge in [0.1, 0.15) is 5.78 Å². The van der Waals surface area contributed by atoms with Crippen LogP contribution in [-0.4, -0.2) is 20.8 Å². The Morgan fingerprint density at radius 1 is 1.25 bits per heavy atom. The van der Waals surface area contributed by atoms with Gasteiger partial charge in [-0.25, -0.2) is 0 Å². The lowest BCUT2D eigenvalue weighted by Gasteiger charge is -2.56. The highest BCUT2D eigenvalue weighted by atomic mass is 16.1. The van der Waals surface area contributed by atoms with Crippen LogP contribution >= 0.6 is 0 Å². The number of Topliss-reactive ketones (excluding diaryl/α,β-unsaturated/α-hetero) is 1. The standard InChI is InChI=1S/C16H23N3O/c1-19-10-14(17-18-19)5-15(20)9-16-6-11-2-12(7-16)4-13(3-11)8-16/h10-13H,2-9H2,1H3. The smallest absolute Gasteiger partial charge is 0.139 e. The predicted octanol–water partition coefficient (Wildman–Crippen LogP) is 2.53. The van der Waals surface area contributed by atoms with Gasteiger partial charge in [0, 0.05) is 19.7 Å². The molecular formula is C16H23N3O. The van der Waals surface area contributed by atoms with E-state index >= 15 is 0 Å². The van der Waals surface area contributed by atoms with E-state index in [0.29, 0.717) is 17.6 Å². The molecule has 1 heterocycles. The average molecular weight is 273 g/mol. The Balaban J connectivity index is 1.44. The Labute approximate surface area is 119 Å².